The lowest BCUT2D eigenvalue weighted by molar-refractivity contribution is 0.176. The van der Waals surface area contributed by atoms with Gasteiger partial charge in [-0.3, -0.25) is 4.57 Å². The van der Waals surface area contributed by atoms with Crippen molar-refractivity contribution < 1.29 is 4.79 Å². The molecule has 1 aromatic heterocycles. The molecule has 6 heteroatoms. The fraction of sp³-hybridized carbons (Fsp3) is 0.615. The molecule has 1 aromatic rings. The van der Waals surface area contributed by atoms with Gasteiger partial charge >= 0.3 is 6.03 Å². The molecule has 1 amide bonds. The van der Waals surface area contributed by atoms with Gasteiger partial charge in [-0.15, -0.1) is 0 Å². The number of aromatic nitrogens is 2. The van der Waals surface area contributed by atoms with Crippen LogP contribution in [0.5, 0.6) is 0 Å². The summed E-state index contributed by atoms with van der Waals surface area (Å²) in [4.78, 5) is 17.8. The molecule has 0 bridgehead atoms. The van der Waals surface area contributed by atoms with Crippen LogP contribution < -0.4 is 5.32 Å². The van der Waals surface area contributed by atoms with E-state index >= 15 is 0 Å². The Hall–Kier alpha value is -1.87. The standard InChI is InChI=1S/C13H19N5O/c1-10(2)16-11-3-5-17(6-4-11)13(19)18-8-12(7-14)15-9-18/h8-11,16H,3-6H2,1-2H3. The summed E-state index contributed by atoms with van der Waals surface area (Å²) in [6.45, 7) is 5.74. The third-order valence-corrected chi connectivity index (χ3v) is 3.25. The first-order valence-electron chi connectivity index (χ1n) is 6.59. The molecule has 1 saturated heterocycles. The Morgan fingerprint density at radius 3 is 2.74 bits per heavy atom. The van der Waals surface area contributed by atoms with E-state index in [-0.39, 0.29) is 11.7 Å². The quantitative estimate of drug-likeness (QED) is 0.867. The zero-order valence-corrected chi connectivity index (χ0v) is 11.3. The maximum Gasteiger partial charge on any atom is 0.329 e. The van der Waals surface area contributed by atoms with E-state index in [4.69, 9.17) is 5.26 Å². The van der Waals surface area contributed by atoms with Crippen LogP contribution in [0.3, 0.4) is 0 Å². The lowest BCUT2D eigenvalue weighted by Gasteiger charge is -2.33. The second kappa shape index (κ2) is 5.85. The van der Waals surface area contributed by atoms with Crippen molar-refractivity contribution in [3.8, 4) is 6.07 Å². The second-order valence-electron chi connectivity index (χ2n) is 5.14. The molecule has 19 heavy (non-hydrogen) atoms. The van der Waals surface area contributed by atoms with Gasteiger partial charge in [0, 0.05) is 25.2 Å². The second-order valence-corrected chi connectivity index (χ2v) is 5.14. The highest BCUT2D eigenvalue weighted by molar-refractivity contribution is 5.77. The maximum absolute atomic E-state index is 12.2. The van der Waals surface area contributed by atoms with Crippen molar-refractivity contribution in [2.45, 2.75) is 38.8 Å². The first kappa shape index (κ1) is 13.6. The number of hydrogen-bond donors (Lipinski definition) is 1. The summed E-state index contributed by atoms with van der Waals surface area (Å²) in [6.07, 6.45) is 4.80. The highest BCUT2D eigenvalue weighted by Crippen LogP contribution is 2.12. The molecular weight excluding hydrogens is 242 g/mol. The summed E-state index contributed by atoms with van der Waals surface area (Å²) in [5, 5.41) is 12.2. The molecule has 0 spiro atoms. The van der Waals surface area contributed by atoms with Crippen LogP contribution in [0, 0.1) is 11.3 Å². The van der Waals surface area contributed by atoms with Gasteiger partial charge < -0.3 is 10.2 Å². The number of nitrogens with zero attached hydrogens (tertiary/aromatic N) is 4. The number of imidazole rings is 1. The number of piperidine rings is 1. The molecule has 0 atom stereocenters. The fourth-order valence-corrected chi connectivity index (χ4v) is 2.36. The molecule has 2 heterocycles. The Labute approximate surface area is 113 Å². The number of hydrogen-bond acceptors (Lipinski definition) is 4. The summed E-state index contributed by atoms with van der Waals surface area (Å²) in [6, 6.07) is 2.78. The first-order chi connectivity index (χ1) is 9.10. The van der Waals surface area contributed by atoms with E-state index in [1.165, 1.54) is 17.1 Å². The van der Waals surface area contributed by atoms with E-state index in [2.05, 4.69) is 24.1 Å². The first-order valence-corrected chi connectivity index (χ1v) is 6.59. The summed E-state index contributed by atoms with van der Waals surface area (Å²) in [7, 11) is 0. The molecule has 0 unspecified atom stereocenters. The molecule has 0 saturated carbocycles. The van der Waals surface area contributed by atoms with Crippen molar-refractivity contribution in [2.75, 3.05) is 13.1 Å². The Morgan fingerprint density at radius 1 is 1.53 bits per heavy atom. The van der Waals surface area contributed by atoms with Crippen LogP contribution in [-0.2, 0) is 0 Å². The highest BCUT2D eigenvalue weighted by atomic mass is 16.2. The van der Waals surface area contributed by atoms with Gasteiger partial charge in [-0.05, 0) is 12.8 Å². The van der Waals surface area contributed by atoms with E-state index in [9.17, 15) is 4.79 Å². The number of likely N-dealkylation sites (tertiary alicyclic amines) is 1. The van der Waals surface area contributed by atoms with Gasteiger partial charge in [0.1, 0.15) is 12.4 Å². The average molecular weight is 261 g/mol. The summed E-state index contributed by atoms with van der Waals surface area (Å²) in [5.74, 6) is 0. The van der Waals surface area contributed by atoms with Crippen LogP contribution in [0.2, 0.25) is 0 Å². The third-order valence-electron chi connectivity index (χ3n) is 3.25. The van der Waals surface area contributed by atoms with Crippen molar-refractivity contribution in [1.29, 1.82) is 5.26 Å². The smallest absolute Gasteiger partial charge is 0.324 e. The number of carbonyl (C=O) groups is 1. The van der Waals surface area contributed by atoms with Crippen LogP contribution in [0.25, 0.3) is 0 Å². The van der Waals surface area contributed by atoms with Crippen molar-refractivity contribution in [3.05, 3.63) is 18.2 Å². The third kappa shape index (κ3) is 3.32. The summed E-state index contributed by atoms with van der Waals surface area (Å²) in [5.41, 5.74) is 0.268. The molecule has 2 rings (SSSR count). The van der Waals surface area contributed by atoms with Crippen molar-refractivity contribution >= 4 is 6.03 Å². The topological polar surface area (TPSA) is 74.0 Å². The minimum Gasteiger partial charge on any atom is -0.324 e. The Kier molecular flexibility index (Phi) is 4.17. The summed E-state index contributed by atoms with van der Waals surface area (Å²) < 4.78 is 1.38. The molecule has 0 radical (unpaired) electrons. The van der Waals surface area contributed by atoms with Gasteiger partial charge in [-0.25, -0.2) is 9.78 Å². The Morgan fingerprint density at radius 2 is 2.21 bits per heavy atom. The van der Waals surface area contributed by atoms with Crippen molar-refractivity contribution in [1.82, 2.24) is 19.8 Å². The van der Waals surface area contributed by atoms with Crippen LogP contribution in [-0.4, -0.2) is 45.7 Å². The highest BCUT2D eigenvalue weighted by Gasteiger charge is 2.23. The zero-order valence-electron chi connectivity index (χ0n) is 11.3. The normalized spacial score (nSPS) is 16.6. The minimum atomic E-state index is -0.100. The largest absolute Gasteiger partial charge is 0.329 e. The van der Waals surface area contributed by atoms with Crippen LogP contribution >= 0.6 is 0 Å². The van der Waals surface area contributed by atoms with Gasteiger partial charge in [0.2, 0.25) is 0 Å². The van der Waals surface area contributed by atoms with Gasteiger partial charge in [-0.1, -0.05) is 13.8 Å². The van der Waals surface area contributed by atoms with E-state index < -0.39 is 0 Å². The van der Waals surface area contributed by atoms with E-state index in [1.807, 2.05) is 6.07 Å². The minimum absolute atomic E-state index is 0.100. The molecular formula is C13H19N5O. The van der Waals surface area contributed by atoms with Gasteiger partial charge in [-0.2, -0.15) is 5.26 Å². The number of nitriles is 1. The van der Waals surface area contributed by atoms with Crippen LogP contribution in [0.15, 0.2) is 12.5 Å². The molecule has 1 N–H and O–H groups in total. The lowest BCUT2D eigenvalue weighted by Crippen LogP contribution is -2.47. The van der Waals surface area contributed by atoms with E-state index in [1.54, 1.807) is 4.90 Å². The predicted molar refractivity (Wildman–Crippen MR) is 70.6 cm³/mol. The van der Waals surface area contributed by atoms with E-state index in [0.29, 0.717) is 12.1 Å². The molecule has 0 aromatic carbocycles. The van der Waals surface area contributed by atoms with Crippen molar-refractivity contribution in [3.63, 3.8) is 0 Å². The number of rotatable bonds is 2. The fourth-order valence-electron chi connectivity index (χ4n) is 2.36. The molecule has 1 aliphatic rings. The molecule has 6 nitrogen and oxygen atoms in total. The number of amides is 1. The number of nitrogens with one attached hydrogen (secondary N) is 1. The molecule has 1 fully saturated rings. The monoisotopic (exact) mass is 261 g/mol. The van der Waals surface area contributed by atoms with E-state index in [0.717, 1.165) is 25.9 Å². The van der Waals surface area contributed by atoms with Crippen LogP contribution in [0.1, 0.15) is 32.4 Å². The Balaban J connectivity index is 1.91. The SMILES string of the molecule is CC(C)NC1CCN(C(=O)n2cnc(C#N)c2)CC1. The molecule has 1 aliphatic heterocycles. The van der Waals surface area contributed by atoms with Gasteiger partial charge in [0.15, 0.2) is 5.69 Å². The summed E-state index contributed by atoms with van der Waals surface area (Å²) >= 11 is 0. The Bertz CT molecular complexity index is 479. The maximum atomic E-state index is 12.2. The molecule has 0 aliphatic carbocycles. The lowest BCUT2D eigenvalue weighted by atomic mass is 10.0. The number of carbonyl (C=O) groups excluding carboxylic acids is 1. The van der Waals surface area contributed by atoms with Gasteiger partial charge in [0.25, 0.3) is 0 Å². The van der Waals surface area contributed by atoms with Crippen LogP contribution in [0.4, 0.5) is 4.79 Å². The molecule has 102 valence electrons. The zero-order chi connectivity index (χ0) is 13.8. The van der Waals surface area contributed by atoms with Gasteiger partial charge in [0.05, 0.1) is 6.20 Å². The van der Waals surface area contributed by atoms with Crippen molar-refractivity contribution in [2.24, 2.45) is 0 Å². The average Bonchev–Trinajstić information content (AvgIpc) is 2.87. The predicted octanol–water partition coefficient (Wildman–Crippen LogP) is 1.19.